The smallest absolute Gasteiger partial charge is 0.288 e. The first kappa shape index (κ1) is 11.9. The molecule has 1 aromatic carbocycles. The fourth-order valence-corrected chi connectivity index (χ4v) is 2.28. The fraction of sp³-hybridized carbons (Fsp3) is 0.154. The van der Waals surface area contributed by atoms with Gasteiger partial charge in [-0.25, -0.2) is 4.98 Å². The molecule has 0 saturated heterocycles. The standard InChI is InChI=1S/C13H11ClN4O/c1-17-11-5-3-2-4-9(11)10(16-17)8-18-7-6-15-12(14)13(18)19/h2-7H,8H2,1H3. The van der Waals surface area contributed by atoms with E-state index in [1.54, 1.807) is 10.9 Å². The van der Waals surface area contributed by atoms with Crippen molar-refractivity contribution in [1.29, 1.82) is 0 Å². The lowest BCUT2D eigenvalue weighted by molar-refractivity contribution is 0.696. The molecule has 96 valence electrons. The Morgan fingerprint density at radius 1 is 1.32 bits per heavy atom. The van der Waals surface area contributed by atoms with Crippen LogP contribution in [0.3, 0.4) is 0 Å². The summed E-state index contributed by atoms with van der Waals surface area (Å²) >= 11 is 5.73. The Hall–Kier alpha value is -2.14. The fourth-order valence-electron chi connectivity index (χ4n) is 2.11. The number of rotatable bonds is 2. The van der Waals surface area contributed by atoms with E-state index < -0.39 is 0 Å². The summed E-state index contributed by atoms with van der Waals surface area (Å²) in [5.74, 6) is 0. The van der Waals surface area contributed by atoms with E-state index in [0.29, 0.717) is 6.54 Å². The van der Waals surface area contributed by atoms with Gasteiger partial charge in [-0.3, -0.25) is 9.48 Å². The van der Waals surface area contributed by atoms with Gasteiger partial charge in [-0.2, -0.15) is 5.10 Å². The zero-order chi connectivity index (χ0) is 13.4. The van der Waals surface area contributed by atoms with Crippen molar-refractivity contribution in [2.45, 2.75) is 6.54 Å². The first-order valence-corrected chi connectivity index (χ1v) is 6.16. The summed E-state index contributed by atoms with van der Waals surface area (Å²) < 4.78 is 3.31. The number of hydrogen-bond donors (Lipinski definition) is 0. The lowest BCUT2D eigenvalue weighted by Gasteiger charge is -2.03. The maximum Gasteiger partial charge on any atom is 0.288 e. The molecule has 0 fully saturated rings. The van der Waals surface area contributed by atoms with E-state index in [1.165, 1.54) is 10.8 Å². The second-order valence-electron chi connectivity index (χ2n) is 4.24. The van der Waals surface area contributed by atoms with Gasteiger partial charge >= 0.3 is 0 Å². The normalized spacial score (nSPS) is 11.1. The number of aromatic nitrogens is 4. The Morgan fingerprint density at radius 3 is 2.95 bits per heavy atom. The van der Waals surface area contributed by atoms with Crippen LogP contribution in [0.1, 0.15) is 5.69 Å². The Labute approximate surface area is 114 Å². The minimum Gasteiger partial charge on any atom is -0.305 e. The summed E-state index contributed by atoms with van der Waals surface area (Å²) in [4.78, 5) is 15.6. The molecule has 0 N–H and O–H groups in total. The van der Waals surface area contributed by atoms with Crippen molar-refractivity contribution in [3.63, 3.8) is 0 Å². The lowest BCUT2D eigenvalue weighted by atomic mass is 10.2. The summed E-state index contributed by atoms with van der Waals surface area (Å²) in [5.41, 5.74) is 1.56. The van der Waals surface area contributed by atoms with Crippen molar-refractivity contribution >= 4 is 22.5 Å². The highest BCUT2D eigenvalue weighted by atomic mass is 35.5. The van der Waals surface area contributed by atoms with Crippen LogP contribution in [-0.2, 0) is 13.6 Å². The molecule has 0 aliphatic heterocycles. The van der Waals surface area contributed by atoms with E-state index in [0.717, 1.165) is 16.6 Å². The molecule has 0 spiro atoms. The highest BCUT2D eigenvalue weighted by molar-refractivity contribution is 6.29. The predicted octanol–water partition coefficient (Wildman–Crippen LogP) is 1.83. The summed E-state index contributed by atoms with van der Waals surface area (Å²) in [6.07, 6.45) is 3.12. The molecule has 3 aromatic rings. The highest BCUT2D eigenvalue weighted by Crippen LogP contribution is 2.17. The topological polar surface area (TPSA) is 52.7 Å². The minimum atomic E-state index is -0.307. The Kier molecular flexibility index (Phi) is 2.83. The molecule has 0 saturated carbocycles. The van der Waals surface area contributed by atoms with Crippen LogP contribution >= 0.6 is 11.6 Å². The van der Waals surface area contributed by atoms with Gasteiger partial charge in [0.25, 0.3) is 5.56 Å². The molecule has 0 bridgehead atoms. The van der Waals surface area contributed by atoms with Crippen molar-refractivity contribution in [2.75, 3.05) is 0 Å². The maximum atomic E-state index is 11.8. The second kappa shape index (κ2) is 4.51. The quantitative estimate of drug-likeness (QED) is 0.716. The van der Waals surface area contributed by atoms with Crippen LogP contribution in [0.4, 0.5) is 0 Å². The molecule has 0 aliphatic rings. The SMILES string of the molecule is Cn1nc(Cn2ccnc(Cl)c2=O)c2ccccc21. The van der Waals surface area contributed by atoms with Gasteiger partial charge < -0.3 is 4.57 Å². The third-order valence-electron chi connectivity index (χ3n) is 3.03. The first-order valence-electron chi connectivity index (χ1n) is 5.78. The average Bonchev–Trinajstić information content (AvgIpc) is 2.73. The van der Waals surface area contributed by atoms with Crippen molar-refractivity contribution < 1.29 is 0 Å². The number of nitrogens with zero attached hydrogens (tertiary/aromatic N) is 4. The molecule has 0 unspecified atom stereocenters. The summed E-state index contributed by atoms with van der Waals surface area (Å²) in [5, 5.41) is 5.46. The van der Waals surface area contributed by atoms with Crippen LogP contribution in [0.25, 0.3) is 10.9 Å². The third kappa shape index (κ3) is 2.02. The van der Waals surface area contributed by atoms with Gasteiger partial charge in [-0.15, -0.1) is 0 Å². The Bertz CT molecular complexity index is 806. The average molecular weight is 275 g/mol. The Balaban J connectivity index is 2.11. The molecule has 19 heavy (non-hydrogen) atoms. The van der Waals surface area contributed by atoms with Gasteiger partial charge in [0.15, 0.2) is 5.15 Å². The molecule has 0 atom stereocenters. The molecular formula is C13H11ClN4O. The minimum absolute atomic E-state index is 0.0252. The van der Waals surface area contributed by atoms with Crippen LogP contribution in [-0.4, -0.2) is 19.3 Å². The summed E-state index contributed by atoms with van der Waals surface area (Å²) in [6, 6.07) is 7.90. The van der Waals surface area contributed by atoms with E-state index in [1.807, 2.05) is 31.3 Å². The van der Waals surface area contributed by atoms with Crippen LogP contribution in [0.5, 0.6) is 0 Å². The van der Waals surface area contributed by atoms with Gasteiger partial charge in [-0.1, -0.05) is 29.8 Å². The zero-order valence-corrected chi connectivity index (χ0v) is 11.0. The molecule has 3 rings (SSSR count). The van der Waals surface area contributed by atoms with Crippen LogP contribution in [0, 0.1) is 0 Å². The highest BCUT2D eigenvalue weighted by Gasteiger charge is 2.10. The van der Waals surface area contributed by atoms with Gasteiger partial charge in [0.1, 0.15) is 0 Å². The molecule has 6 heteroatoms. The molecule has 5 nitrogen and oxygen atoms in total. The maximum absolute atomic E-state index is 11.8. The predicted molar refractivity (Wildman–Crippen MR) is 73.3 cm³/mol. The van der Waals surface area contributed by atoms with Gasteiger partial charge in [0.05, 0.1) is 17.8 Å². The second-order valence-corrected chi connectivity index (χ2v) is 4.60. The zero-order valence-electron chi connectivity index (χ0n) is 10.2. The third-order valence-corrected chi connectivity index (χ3v) is 3.29. The van der Waals surface area contributed by atoms with E-state index in [-0.39, 0.29) is 10.7 Å². The van der Waals surface area contributed by atoms with Gasteiger partial charge in [-0.05, 0) is 6.07 Å². The number of halogens is 1. The Morgan fingerprint density at radius 2 is 2.11 bits per heavy atom. The molecule has 0 aliphatic carbocycles. The largest absolute Gasteiger partial charge is 0.305 e. The van der Waals surface area contributed by atoms with Crippen LogP contribution < -0.4 is 5.56 Å². The van der Waals surface area contributed by atoms with Crippen molar-refractivity contribution in [1.82, 2.24) is 19.3 Å². The molecule has 2 heterocycles. The molecular weight excluding hydrogens is 264 g/mol. The number of fused-ring (bicyclic) bond motifs is 1. The lowest BCUT2D eigenvalue weighted by Crippen LogP contribution is -2.21. The van der Waals surface area contributed by atoms with Crippen LogP contribution in [0.2, 0.25) is 5.15 Å². The molecule has 2 aromatic heterocycles. The van der Waals surface area contributed by atoms with Crippen molar-refractivity contribution in [3.05, 3.63) is 57.9 Å². The number of hydrogen-bond acceptors (Lipinski definition) is 3. The first-order chi connectivity index (χ1) is 9.16. The van der Waals surface area contributed by atoms with E-state index in [4.69, 9.17) is 11.6 Å². The van der Waals surface area contributed by atoms with Gasteiger partial charge in [0, 0.05) is 24.8 Å². The van der Waals surface area contributed by atoms with E-state index in [2.05, 4.69) is 10.1 Å². The number of para-hydroxylation sites is 1. The summed E-state index contributed by atoms with van der Waals surface area (Å²) in [7, 11) is 1.88. The van der Waals surface area contributed by atoms with Gasteiger partial charge in [0.2, 0.25) is 0 Å². The summed E-state index contributed by atoms with van der Waals surface area (Å²) in [6.45, 7) is 0.377. The van der Waals surface area contributed by atoms with E-state index in [9.17, 15) is 4.79 Å². The van der Waals surface area contributed by atoms with Crippen molar-refractivity contribution in [3.8, 4) is 0 Å². The number of benzene rings is 1. The van der Waals surface area contributed by atoms with Crippen molar-refractivity contribution in [2.24, 2.45) is 7.05 Å². The van der Waals surface area contributed by atoms with E-state index >= 15 is 0 Å². The molecule has 0 radical (unpaired) electrons. The monoisotopic (exact) mass is 274 g/mol. The molecule has 0 amide bonds. The van der Waals surface area contributed by atoms with Crippen LogP contribution in [0.15, 0.2) is 41.5 Å². The number of aryl methyl sites for hydroxylation is 1.